The molecule has 0 unspecified atom stereocenters. The molecule has 1 aromatic heterocycles. The topological polar surface area (TPSA) is 42.0 Å². The molecule has 3 saturated carbocycles. The van der Waals surface area contributed by atoms with Gasteiger partial charge >= 0.3 is 0 Å². The van der Waals surface area contributed by atoms with Crippen molar-refractivity contribution in [1.82, 2.24) is 10.3 Å². The van der Waals surface area contributed by atoms with Crippen LogP contribution in [0.15, 0.2) is 18.3 Å². The number of nitrogens with one attached hydrogen (secondary N) is 1. The van der Waals surface area contributed by atoms with Crippen LogP contribution in [0.25, 0.3) is 0 Å². The molecule has 1 N–H and O–H groups in total. The summed E-state index contributed by atoms with van der Waals surface area (Å²) >= 11 is 5.73. The summed E-state index contributed by atoms with van der Waals surface area (Å²) in [6.45, 7) is 5.54. The van der Waals surface area contributed by atoms with Crippen molar-refractivity contribution >= 4 is 17.5 Å². The van der Waals surface area contributed by atoms with Crippen LogP contribution in [-0.2, 0) is 0 Å². The quantitative estimate of drug-likeness (QED) is 0.866. The molecule has 0 radical (unpaired) electrons. The molecule has 1 amide bonds. The van der Waals surface area contributed by atoms with E-state index >= 15 is 0 Å². The first-order valence-electron chi connectivity index (χ1n) is 7.38. The van der Waals surface area contributed by atoms with Gasteiger partial charge in [-0.25, -0.2) is 4.98 Å². The molecule has 108 valence electrons. The Bertz CT molecular complexity index is 510. The Morgan fingerprint density at radius 2 is 2.25 bits per heavy atom. The Labute approximate surface area is 125 Å². The van der Waals surface area contributed by atoms with Gasteiger partial charge in [-0.05, 0) is 54.6 Å². The van der Waals surface area contributed by atoms with Crippen molar-refractivity contribution in [2.24, 2.45) is 23.2 Å². The molecule has 4 heteroatoms. The van der Waals surface area contributed by atoms with E-state index in [1.807, 2.05) is 0 Å². The summed E-state index contributed by atoms with van der Waals surface area (Å²) in [7, 11) is 0. The summed E-state index contributed by atoms with van der Waals surface area (Å²) in [6, 6.07) is 3.37. The van der Waals surface area contributed by atoms with Crippen LogP contribution in [0.3, 0.4) is 0 Å². The number of carbonyl (C=O) groups excluding carboxylic acids is 1. The predicted molar refractivity (Wildman–Crippen MR) is 79.7 cm³/mol. The fourth-order valence-corrected chi connectivity index (χ4v) is 4.15. The lowest BCUT2D eigenvalue weighted by Crippen LogP contribution is -2.54. The molecule has 3 fully saturated rings. The molecule has 0 saturated heterocycles. The van der Waals surface area contributed by atoms with Crippen LogP contribution >= 0.6 is 11.6 Å². The van der Waals surface area contributed by atoms with E-state index in [1.54, 1.807) is 12.1 Å². The Morgan fingerprint density at radius 1 is 1.45 bits per heavy atom. The number of carbonyl (C=O) groups is 1. The van der Waals surface area contributed by atoms with Gasteiger partial charge in [0.15, 0.2) is 0 Å². The average Bonchev–Trinajstić information content (AvgIpc) is 2.45. The van der Waals surface area contributed by atoms with E-state index in [-0.39, 0.29) is 5.91 Å². The second-order valence-electron chi connectivity index (χ2n) is 6.78. The molecule has 3 aliphatic rings. The number of rotatable bonds is 3. The zero-order valence-electron chi connectivity index (χ0n) is 12.0. The average molecular weight is 293 g/mol. The van der Waals surface area contributed by atoms with E-state index in [9.17, 15) is 4.79 Å². The fraction of sp³-hybridized carbons (Fsp3) is 0.625. The van der Waals surface area contributed by atoms with Crippen LogP contribution in [0.2, 0.25) is 5.15 Å². The van der Waals surface area contributed by atoms with E-state index in [1.165, 1.54) is 25.5 Å². The summed E-state index contributed by atoms with van der Waals surface area (Å²) in [5, 5.41) is 3.47. The molecule has 3 aliphatic carbocycles. The van der Waals surface area contributed by atoms with E-state index < -0.39 is 0 Å². The SMILES string of the molecule is CC1(C)[C@H]2CC[C@@H](CNC(=O)c3ccc(Cl)nc3)[C@@H]1C2. The zero-order valence-corrected chi connectivity index (χ0v) is 12.8. The van der Waals surface area contributed by atoms with Gasteiger partial charge < -0.3 is 5.32 Å². The van der Waals surface area contributed by atoms with Gasteiger partial charge in [0.25, 0.3) is 5.91 Å². The van der Waals surface area contributed by atoms with Gasteiger partial charge in [0.05, 0.1) is 5.56 Å². The number of aromatic nitrogens is 1. The minimum absolute atomic E-state index is 0.0478. The second kappa shape index (κ2) is 5.03. The summed E-state index contributed by atoms with van der Waals surface area (Å²) in [4.78, 5) is 16.0. The molecular weight excluding hydrogens is 272 g/mol. The van der Waals surface area contributed by atoms with Crippen LogP contribution in [-0.4, -0.2) is 17.4 Å². The number of amides is 1. The first-order chi connectivity index (χ1) is 9.48. The third-order valence-corrected chi connectivity index (χ3v) is 5.74. The summed E-state index contributed by atoms with van der Waals surface area (Å²) in [5.41, 5.74) is 1.05. The first kappa shape index (κ1) is 13.9. The molecule has 3 atom stereocenters. The number of fused-ring (bicyclic) bond motifs is 2. The second-order valence-corrected chi connectivity index (χ2v) is 7.16. The summed E-state index contributed by atoms with van der Waals surface area (Å²) in [6.07, 6.45) is 5.43. The molecule has 4 rings (SSSR count). The lowest BCUT2D eigenvalue weighted by molar-refractivity contribution is -0.103. The van der Waals surface area contributed by atoms with Crippen LogP contribution in [0.1, 0.15) is 43.5 Å². The van der Waals surface area contributed by atoms with Gasteiger partial charge in [-0.1, -0.05) is 25.4 Å². The third kappa shape index (κ3) is 2.32. The van der Waals surface area contributed by atoms with Crippen LogP contribution in [0, 0.1) is 23.2 Å². The minimum atomic E-state index is -0.0478. The van der Waals surface area contributed by atoms with Crippen molar-refractivity contribution in [2.45, 2.75) is 33.1 Å². The standard InChI is InChI=1S/C16H21ClN2O/c1-16(2)12-5-3-10(13(16)7-12)8-19-15(20)11-4-6-14(17)18-9-11/h4,6,9-10,12-13H,3,5,7-8H2,1-2H3,(H,19,20)/t10-,12-,13-/m0/s1. The molecule has 0 aromatic carbocycles. The maximum atomic E-state index is 12.1. The predicted octanol–water partition coefficient (Wildman–Crippen LogP) is 3.54. The van der Waals surface area contributed by atoms with Gasteiger partial charge in [-0.15, -0.1) is 0 Å². The molecule has 20 heavy (non-hydrogen) atoms. The molecule has 1 aromatic rings. The van der Waals surface area contributed by atoms with Gasteiger partial charge in [-0.2, -0.15) is 0 Å². The van der Waals surface area contributed by atoms with E-state index in [4.69, 9.17) is 11.6 Å². The van der Waals surface area contributed by atoms with Crippen LogP contribution < -0.4 is 5.32 Å². The summed E-state index contributed by atoms with van der Waals surface area (Å²) < 4.78 is 0. The Morgan fingerprint density at radius 3 is 2.85 bits per heavy atom. The smallest absolute Gasteiger partial charge is 0.252 e. The first-order valence-corrected chi connectivity index (χ1v) is 7.76. The van der Waals surface area contributed by atoms with Crippen LogP contribution in [0.5, 0.6) is 0 Å². The van der Waals surface area contributed by atoms with Crippen LogP contribution in [0.4, 0.5) is 0 Å². The number of hydrogen-bond acceptors (Lipinski definition) is 2. The highest BCUT2D eigenvalue weighted by Crippen LogP contribution is 2.61. The molecule has 2 bridgehead atoms. The maximum absolute atomic E-state index is 12.1. The normalized spacial score (nSPS) is 30.4. The van der Waals surface area contributed by atoms with Gasteiger partial charge in [-0.3, -0.25) is 4.79 Å². The molecular formula is C16H21ClN2O. The number of hydrogen-bond donors (Lipinski definition) is 1. The maximum Gasteiger partial charge on any atom is 0.252 e. The number of pyridine rings is 1. The Kier molecular flexibility index (Phi) is 3.49. The van der Waals surface area contributed by atoms with Crippen molar-refractivity contribution in [3.8, 4) is 0 Å². The van der Waals surface area contributed by atoms with Gasteiger partial charge in [0, 0.05) is 12.7 Å². The highest BCUT2D eigenvalue weighted by Gasteiger charge is 2.53. The van der Waals surface area contributed by atoms with Crippen molar-refractivity contribution in [3.63, 3.8) is 0 Å². The lowest BCUT2D eigenvalue weighted by atomic mass is 9.45. The Hall–Kier alpha value is -1.09. The Balaban J connectivity index is 1.57. The largest absolute Gasteiger partial charge is 0.352 e. The highest BCUT2D eigenvalue weighted by molar-refractivity contribution is 6.29. The van der Waals surface area contributed by atoms with Crippen molar-refractivity contribution in [2.75, 3.05) is 6.54 Å². The number of halogens is 1. The van der Waals surface area contributed by atoms with Crippen molar-refractivity contribution < 1.29 is 4.79 Å². The van der Waals surface area contributed by atoms with E-state index in [2.05, 4.69) is 24.1 Å². The molecule has 0 spiro atoms. The monoisotopic (exact) mass is 292 g/mol. The van der Waals surface area contributed by atoms with Crippen molar-refractivity contribution in [1.29, 1.82) is 0 Å². The molecule has 3 nitrogen and oxygen atoms in total. The van der Waals surface area contributed by atoms with E-state index in [0.717, 1.165) is 18.4 Å². The van der Waals surface area contributed by atoms with Gasteiger partial charge in [0.1, 0.15) is 5.15 Å². The molecule has 1 heterocycles. The van der Waals surface area contributed by atoms with Crippen molar-refractivity contribution in [3.05, 3.63) is 29.0 Å². The third-order valence-electron chi connectivity index (χ3n) is 5.52. The fourth-order valence-electron chi connectivity index (χ4n) is 4.04. The van der Waals surface area contributed by atoms with E-state index in [0.29, 0.717) is 22.0 Å². The van der Waals surface area contributed by atoms with Gasteiger partial charge in [0.2, 0.25) is 0 Å². The summed E-state index contributed by atoms with van der Waals surface area (Å²) in [5.74, 6) is 2.25. The molecule has 0 aliphatic heterocycles. The zero-order chi connectivity index (χ0) is 14.3. The number of nitrogens with zero attached hydrogens (tertiary/aromatic N) is 1. The minimum Gasteiger partial charge on any atom is -0.352 e. The lowest BCUT2D eigenvalue weighted by Gasteiger charge is -2.60. The highest BCUT2D eigenvalue weighted by atomic mass is 35.5.